The van der Waals surface area contributed by atoms with Crippen molar-refractivity contribution in [2.45, 2.75) is 19.5 Å². The van der Waals surface area contributed by atoms with Crippen LogP contribution in [0.1, 0.15) is 12.5 Å². The fraction of sp³-hybridized carbons (Fsp3) is 0.500. The molecule has 8 heteroatoms. The molecule has 0 radical (unpaired) electrons. The lowest BCUT2D eigenvalue weighted by Crippen LogP contribution is -2.28. The molecule has 2 rings (SSSR count). The van der Waals surface area contributed by atoms with Crippen LogP contribution in [0.2, 0.25) is 0 Å². The van der Waals surface area contributed by atoms with Crippen molar-refractivity contribution in [3.8, 4) is 0 Å². The van der Waals surface area contributed by atoms with Gasteiger partial charge in [-0.2, -0.15) is 0 Å². The van der Waals surface area contributed by atoms with Gasteiger partial charge in [0.15, 0.2) is 0 Å². The SMILES string of the molecule is CC1CN(Cc2ccc([N+](=O)[O-])cc2[N+](=O)[O-])CC1N. The van der Waals surface area contributed by atoms with Crippen LogP contribution in [0.25, 0.3) is 0 Å². The molecule has 108 valence electrons. The average Bonchev–Trinajstić information content (AvgIpc) is 2.68. The van der Waals surface area contributed by atoms with Crippen LogP contribution in [-0.4, -0.2) is 33.9 Å². The molecule has 2 N–H and O–H groups in total. The third-order valence-electron chi connectivity index (χ3n) is 3.62. The lowest BCUT2D eigenvalue weighted by Gasteiger charge is -2.15. The molecule has 1 saturated heterocycles. The van der Waals surface area contributed by atoms with Crippen molar-refractivity contribution in [1.82, 2.24) is 4.90 Å². The van der Waals surface area contributed by atoms with Crippen LogP contribution in [0.4, 0.5) is 11.4 Å². The summed E-state index contributed by atoms with van der Waals surface area (Å²) in [6, 6.07) is 3.81. The molecule has 1 aromatic rings. The van der Waals surface area contributed by atoms with E-state index in [4.69, 9.17) is 5.73 Å². The highest BCUT2D eigenvalue weighted by molar-refractivity contribution is 5.49. The number of non-ortho nitro benzene ring substituents is 1. The molecule has 0 saturated carbocycles. The molecule has 2 atom stereocenters. The number of nitrogens with two attached hydrogens (primary N) is 1. The van der Waals surface area contributed by atoms with Gasteiger partial charge in [0.25, 0.3) is 11.4 Å². The summed E-state index contributed by atoms with van der Waals surface area (Å²) in [4.78, 5) is 22.5. The normalized spacial score (nSPS) is 22.9. The van der Waals surface area contributed by atoms with Gasteiger partial charge in [-0.3, -0.25) is 25.1 Å². The molecule has 1 aliphatic rings. The zero-order valence-corrected chi connectivity index (χ0v) is 11.1. The van der Waals surface area contributed by atoms with Crippen molar-refractivity contribution in [2.24, 2.45) is 11.7 Å². The Hall–Kier alpha value is -2.06. The van der Waals surface area contributed by atoms with Crippen molar-refractivity contribution in [1.29, 1.82) is 0 Å². The second kappa shape index (κ2) is 5.51. The van der Waals surface area contributed by atoms with Crippen LogP contribution in [-0.2, 0) is 6.54 Å². The first-order chi connectivity index (χ1) is 9.38. The number of nitrogens with zero attached hydrogens (tertiary/aromatic N) is 3. The van der Waals surface area contributed by atoms with Crippen molar-refractivity contribution in [2.75, 3.05) is 13.1 Å². The number of hydrogen-bond donors (Lipinski definition) is 1. The zero-order valence-electron chi connectivity index (χ0n) is 11.1. The van der Waals surface area contributed by atoms with E-state index in [2.05, 4.69) is 0 Å². The Morgan fingerprint density at radius 3 is 2.50 bits per heavy atom. The summed E-state index contributed by atoms with van der Waals surface area (Å²) in [6.07, 6.45) is 0. The van der Waals surface area contributed by atoms with Gasteiger partial charge in [0.2, 0.25) is 0 Å². The van der Waals surface area contributed by atoms with E-state index in [1.54, 1.807) is 0 Å². The quantitative estimate of drug-likeness (QED) is 0.656. The fourth-order valence-electron chi connectivity index (χ4n) is 2.43. The van der Waals surface area contributed by atoms with Crippen LogP contribution in [0.15, 0.2) is 18.2 Å². The first-order valence-electron chi connectivity index (χ1n) is 6.28. The van der Waals surface area contributed by atoms with Gasteiger partial charge in [0, 0.05) is 37.3 Å². The summed E-state index contributed by atoms with van der Waals surface area (Å²) in [5.74, 6) is 0.340. The molecule has 0 aliphatic carbocycles. The zero-order chi connectivity index (χ0) is 14.9. The van der Waals surface area contributed by atoms with Gasteiger partial charge in [-0.05, 0) is 12.0 Å². The highest BCUT2D eigenvalue weighted by atomic mass is 16.6. The van der Waals surface area contributed by atoms with Crippen LogP contribution in [0, 0.1) is 26.1 Å². The van der Waals surface area contributed by atoms with E-state index < -0.39 is 9.85 Å². The molecule has 1 aromatic carbocycles. The highest BCUT2D eigenvalue weighted by Gasteiger charge is 2.28. The maximum absolute atomic E-state index is 11.0. The molecule has 1 aliphatic heterocycles. The summed E-state index contributed by atoms with van der Waals surface area (Å²) >= 11 is 0. The number of hydrogen-bond acceptors (Lipinski definition) is 6. The molecule has 2 unspecified atom stereocenters. The van der Waals surface area contributed by atoms with Crippen molar-refractivity contribution < 1.29 is 9.85 Å². The third-order valence-corrected chi connectivity index (χ3v) is 3.62. The van der Waals surface area contributed by atoms with E-state index in [1.807, 2.05) is 11.8 Å². The number of rotatable bonds is 4. The maximum atomic E-state index is 11.0. The largest absolute Gasteiger partial charge is 0.326 e. The minimum Gasteiger partial charge on any atom is -0.326 e. The summed E-state index contributed by atoms with van der Waals surface area (Å²) in [6.45, 7) is 3.87. The van der Waals surface area contributed by atoms with Gasteiger partial charge < -0.3 is 5.73 Å². The standard InChI is InChI=1S/C12H16N4O4/c1-8-5-14(7-11(8)13)6-9-2-3-10(15(17)18)4-12(9)16(19)20/h2-4,8,11H,5-7,13H2,1H3. The molecule has 0 bridgehead atoms. The van der Waals surface area contributed by atoms with Crippen molar-refractivity contribution in [3.63, 3.8) is 0 Å². The maximum Gasteiger partial charge on any atom is 0.280 e. The van der Waals surface area contributed by atoms with Gasteiger partial charge in [0.05, 0.1) is 15.9 Å². The minimum atomic E-state index is -0.634. The Morgan fingerprint density at radius 1 is 1.30 bits per heavy atom. The van der Waals surface area contributed by atoms with Crippen molar-refractivity contribution >= 4 is 11.4 Å². The van der Waals surface area contributed by atoms with E-state index in [0.717, 1.165) is 12.6 Å². The predicted molar refractivity (Wildman–Crippen MR) is 72.2 cm³/mol. The highest BCUT2D eigenvalue weighted by Crippen LogP contribution is 2.27. The number of likely N-dealkylation sites (tertiary alicyclic amines) is 1. The Kier molecular flexibility index (Phi) is 3.96. The minimum absolute atomic E-state index is 0.0621. The monoisotopic (exact) mass is 280 g/mol. The summed E-state index contributed by atoms with van der Waals surface area (Å²) < 4.78 is 0. The van der Waals surface area contributed by atoms with Gasteiger partial charge in [-0.1, -0.05) is 6.92 Å². The Balaban J connectivity index is 2.23. The van der Waals surface area contributed by atoms with E-state index in [1.165, 1.54) is 12.1 Å². The van der Waals surface area contributed by atoms with Gasteiger partial charge in [-0.25, -0.2) is 0 Å². The first kappa shape index (κ1) is 14.4. The Morgan fingerprint density at radius 2 is 2.00 bits per heavy atom. The van der Waals surface area contributed by atoms with Gasteiger partial charge in [-0.15, -0.1) is 0 Å². The third kappa shape index (κ3) is 2.91. The molecule has 0 amide bonds. The Labute approximate surface area is 115 Å². The van der Waals surface area contributed by atoms with Crippen LogP contribution in [0.3, 0.4) is 0 Å². The lowest BCUT2D eigenvalue weighted by molar-refractivity contribution is -0.394. The van der Waals surface area contributed by atoms with E-state index in [-0.39, 0.29) is 17.4 Å². The molecular weight excluding hydrogens is 264 g/mol. The summed E-state index contributed by atoms with van der Waals surface area (Å²) in [5.41, 5.74) is 5.91. The molecule has 1 heterocycles. The molecule has 20 heavy (non-hydrogen) atoms. The van der Waals surface area contributed by atoms with Gasteiger partial charge in [0.1, 0.15) is 0 Å². The number of benzene rings is 1. The second-order valence-corrected chi connectivity index (χ2v) is 5.16. The van der Waals surface area contributed by atoms with E-state index in [9.17, 15) is 20.2 Å². The van der Waals surface area contributed by atoms with Crippen LogP contribution in [0.5, 0.6) is 0 Å². The molecule has 1 fully saturated rings. The first-order valence-corrected chi connectivity index (χ1v) is 6.28. The van der Waals surface area contributed by atoms with Gasteiger partial charge >= 0.3 is 0 Å². The predicted octanol–water partition coefficient (Wildman–Crippen LogP) is 1.28. The van der Waals surface area contributed by atoms with Crippen LogP contribution >= 0.6 is 0 Å². The van der Waals surface area contributed by atoms with Crippen LogP contribution < -0.4 is 5.73 Å². The smallest absolute Gasteiger partial charge is 0.280 e. The number of nitro benzene ring substituents is 2. The second-order valence-electron chi connectivity index (χ2n) is 5.16. The van der Waals surface area contributed by atoms with Crippen molar-refractivity contribution in [3.05, 3.63) is 44.0 Å². The molecule has 8 nitrogen and oxygen atoms in total. The molecule has 0 spiro atoms. The number of nitro groups is 2. The average molecular weight is 280 g/mol. The van der Waals surface area contributed by atoms with E-state index >= 15 is 0 Å². The Bertz CT molecular complexity index is 538. The molecular formula is C12H16N4O4. The molecule has 0 aromatic heterocycles. The lowest BCUT2D eigenvalue weighted by atomic mass is 10.1. The summed E-state index contributed by atoms with van der Waals surface area (Å²) in [7, 11) is 0. The topological polar surface area (TPSA) is 116 Å². The summed E-state index contributed by atoms with van der Waals surface area (Å²) in [5, 5.41) is 21.7. The van der Waals surface area contributed by atoms with E-state index in [0.29, 0.717) is 24.6 Å². The fourth-order valence-corrected chi connectivity index (χ4v) is 2.43.